The Labute approximate surface area is 342 Å². The molecule has 0 aliphatic rings. The molecule has 0 unspecified atom stereocenters. The number of thiophene rings is 1. The number of anilines is 3. The predicted molar refractivity (Wildman–Crippen MR) is 251 cm³/mol. The molecule has 0 radical (unpaired) electrons. The van der Waals surface area contributed by atoms with Crippen LogP contribution in [0, 0.1) is 0 Å². The Hall–Kier alpha value is -7.26. The number of nitrogens with zero attached hydrogens (tertiary/aromatic N) is 1. The van der Waals surface area contributed by atoms with Gasteiger partial charge in [-0.2, -0.15) is 0 Å². The van der Waals surface area contributed by atoms with Gasteiger partial charge in [-0.3, -0.25) is 0 Å². The summed E-state index contributed by atoms with van der Waals surface area (Å²) < 4.78 is 2.57. The minimum absolute atomic E-state index is 1.10. The number of fused-ring (bicyclic) bond motifs is 6. The lowest BCUT2D eigenvalue weighted by Crippen LogP contribution is -2.12. The van der Waals surface area contributed by atoms with Crippen LogP contribution in [0.1, 0.15) is 0 Å². The molecule has 0 amide bonds. The zero-order valence-electron chi connectivity index (χ0n) is 31.7. The molecule has 0 spiro atoms. The average molecular weight is 756 g/mol. The first-order chi connectivity index (χ1) is 28.8. The molecule has 0 aliphatic carbocycles. The topological polar surface area (TPSA) is 3.24 Å². The highest BCUT2D eigenvalue weighted by Crippen LogP contribution is 2.49. The molecule has 1 heterocycles. The van der Waals surface area contributed by atoms with E-state index in [1.807, 2.05) is 11.3 Å². The van der Waals surface area contributed by atoms with E-state index in [0.717, 1.165) is 17.1 Å². The minimum Gasteiger partial charge on any atom is -0.310 e. The van der Waals surface area contributed by atoms with Crippen LogP contribution in [0.25, 0.3) is 86.2 Å². The summed E-state index contributed by atoms with van der Waals surface area (Å²) in [6.45, 7) is 0. The van der Waals surface area contributed by atoms with E-state index in [9.17, 15) is 0 Å². The summed E-state index contributed by atoms with van der Waals surface area (Å²) in [5.41, 5.74) is 12.9. The van der Waals surface area contributed by atoms with Crippen LogP contribution in [0.5, 0.6) is 0 Å². The summed E-state index contributed by atoms with van der Waals surface area (Å²) in [7, 11) is 0. The zero-order valence-corrected chi connectivity index (χ0v) is 32.5. The lowest BCUT2D eigenvalue weighted by molar-refractivity contribution is 1.29. The van der Waals surface area contributed by atoms with Gasteiger partial charge in [-0.05, 0) is 103 Å². The molecule has 2 heteroatoms. The minimum atomic E-state index is 1.10. The van der Waals surface area contributed by atoms with Gasteiger partial charge in [0, 0.05) is 37.1 Å². The van der Waals surface area contributed by atoms with Crippen LogP contribution in [0.3, 0.4) is 0 Å². The first kappa shape index (κ1) is 34.0. The maximum atomic E-state index is 2.47. The SMILES string of the molecule is c1ccc(-c2ccccc2-c2c(-c3ccccc3)cccc2N(c2ccc(-c3cc4ccccc4c4ccccc34)cc2)c2ccc3c(c2)sc2ccccc23)cc1. The highest BCUT2D eigenvalue weighted by atomic mass is 32.1. The zero-order chi connectivity index (χ0) is 38.4. The van der Waals surface area contributed by atoms with Crippen LogP contribution < -0.4 is 4.90 Å². The summed E-state index contributed by atoms with van der Waals surface area (Å²) in [5, 5.41) is 7.65. The van der Waals surface area contributed by atoms with Crippen LogP contribution in [0.2, 0.25) is 0 Å². The van der Waals surface area contributed by atoms with Crippen molar-refractivity contribution in [1.29, 1.82) is 0 Å². The number of benzene rings is 10. The summed E-state index contributed by atoms with van der Waals surface area (Å²) in [6.07, 6.45) is 0. The van der Waals surface area contributed by atoms with Gasteiger partial charge in [0.2, 0.25) is 0 Å². The molecule has 1 nitrogen and oxygen atoms in total. The van der Waals surface area contributed by atoms with Crippen molar-refractivity contribution in [1.82, 2.24) is 0 Å². The van der Waals surface area contributed by atoms with Crippen molar-refractivity contribution < 1.29 is 0 Å². The summed E-state index contributed by atoms with van der Waals surface area (Å²) in [5.74, 6) is 0. The van der Waals surface area contributed by atoms with Gasteiger partial charge in [0.1, 0.15) is 0 Å². The van der Waals surface area contributed by atoms with E-state index in [1.165, 1.54) is 86.2 Å². The van der Waals surface area contributed by atoms with Crippen LogP contribution >= 0.6 is 11.3 Å². The van der Waals surface area contributed by atoms with Gasteiger partial charge < -0.3 is 4.90 Å². The number of rotatable bonds is 7. The van der Waals surface area contributed by atoms with Gasteiger partial charge in [-0.25, -0.2) is 0 Å². The van der Waals surface area contributed by atoms with Crippen molar-refractivity contribution in [3.8, 4) is 44.5 Å². The molecular formula is C56H37NS. The molecule has 58 heavy (non-hydrogen) atoms. The number of hydrogen-bond donors (Lipinski definition) is 0. The molecule has 0 bridgehead atoms. The Bertz CT molecular complexity index is 3270. The van der Waals surface area contributed by atoms with E-state index in [-0.39, 0.29) is 0 Å². The van der Waals surface area contributed by atoms with E-state index in [0.29, 0.717) is 0 Å². The average Bonchev–Trinajstić information content (AvgIpc) is 3.68. The summed E-state index contributed by atoms with van der Waals surface area (Å²) >= 11 is 1.86. The highest BCUT2D eigenvalue weighted by molar-refractivity contribution is 7.25. The van der Waals surface area contributed by atoms with Gasteiger partial charge >= 0.3 is 0 Å². The molecule has 0 saturated heterocycles. The van der Waals surface area contributed by atoms with Crippen molar-refractivity contribution in [3.63, 3.8) is 0 Å². The third kappa shape index (κ3) is 5.86. The van der Waals surface area contributed by atoms with Crippen molar-refractivity contribution in [2.24, 2.45) is 0 Å². The summed E-state index contributed by atoms with van der Waals surface area (Å²) in [6, 6.07) is 82.0. The molecule has 11 aromatic rings. The highest BCUT2D eigenvalue weighted by Gasteiger charge is 2.23. The van der Waals surface area contributed by atoms with Gasteiger partial charge in [0.25, 0.3) is 0 Å². The molecule has 0 N–H and O–H groups in total. The molecule has 10 aromatic carbocycles. The second-order valence-corrected chi connectivity index (χ2v) is 15.9. The first-order valence-corrected chi connectivity index (χ1v) is 20.7. The van der Waals surface area contributed by atoms with Crippen molar-refractivity contribution >= 4 is 70.1 Å². The second kappa shape index (κ2) is 14.4. The maximum absolute atomic E-state index is 2.47. The predicted octanol–water partition coefficient (Wildman–Crippen LogP) is 16.5. The lowest BCUT2D eigenvalue weighted by atomic mass is 9.87. The van der Waals surface area contributed by atoms with E-state index >= 15 is 0 Å². The van der Waals surface area contributed by atoms with Crippen molar-refractivity contribution in [2.75, 3.05) is 4.90 Å². The Balaban J connectivity index is 1.16. The fourth-order valence-corrected chi connectivity index (χ4v) is 9.94. The van der Waals surface area contributed by atoms with Gasteiger partial charge in [0.05, 0.1) is 5.69 Å². The van der Waals surface area contributed by atoms with Gasteiger partial charge in [0.15, 0.2) is 0 Å². The largest absolute Gasteiger partial charge is 0.310 e. The molecule has 0 saturated carbocycles. The maximum Gasteiger partial charge on any atom is 0.0546 e. The second-order valence-electron chi connectivity index (χ2n) is 14.8. The molecule has 272 valence electrons. The monoisotopic (exact) mass is 755 g/mol. The smallest absolute Gasteiger partial charge is 0.0546 e. The summed E-state index contributed by atoms with van der Waals surface area (Å²) in [4.78, 5) is 2.47. The Morgan fingerprint density at radius 2 is 0.845 bits per heavy atom. The fourth-order valence-electron chi connectivity index (χ4n) is 8.80. The lowest BCUT2D eigenvalue weighted by Gasteiger charge is -2.30. The van der Waals surface area contributed by atoms with Crippen LogP contribution in [0.4, 0.5) is 17.1 Å². The van der Waals surface area contributed by atoms with E-state index in [2.05, 4.69) is 229 Å². The van der Waals surface area contributed by atoms with Gasteiger partial charge in [-0.1, -0.05) is 182 Å². The molecule has 0 fully saturated rings. The van der Waals surface area contributed by atoms with E-state index in [4.69, 9.17) is 0 Å². The Morgan fingerprint density at radius 1 is 0.293 bits per heavy atom. The van der Waals surface area contributed by atoms with Crippen molar-refractivity contribution in [3.05, 3.63) is 224 Å². The Kier molecular flexibility index (Phi) is 8.42. The fraction of sp³-hybridized carbons (Fsp3) is 0. The third-order valence-electron chi connectivity index (χ3n) is 11.5. The molecule has 11 rings (SSSR count). The Morgan fingerprint density at radius 3 is 1.62 bits per heavy atom. The quantitative estimate of drug-likeness (QED) is 0.146. The van der Waals surface area contributed by atoms with E-state index in [1.54, 1.807) is 0 Å². The first-order valence-electron chi connectivity index (χ1n) is 19.8. The number of hydrogen-bond acceptors (Lipinski definition) is 2. The normalized spacial score (nSPS) is 11.4. The van der Waals surface area contributed by atoms with Gasteiger partial charge in [-0.15, -0.1) is 11.3 Å². The van der Waals surface area contributed by atoms with Crippen LogP contribution in [0.15, 0.2) is 224 Å². The molecule has 0 atom stereocenters. The third-order valence-corrected chi connectivity index (χ3v) is 12.6. The molecule has 0 aliphatic heterocycles. The standard InChI is InChI=1S/C56H37NS/c1-3-16-38(17-4-1)44-21-9-12-26-51(44)56-46(39-18-5-2-6-19-39)27-15-28-53(56)57(43-34-35-50-49-25-13-14-29-54(49)58-55(50)37-43)42-32-30-40(31-33-42)52-36-41-20-7-8-22-45(41)47-23-10-11-24-48(47)52/h1-37H. The van der Waals surface area contributed by atoms with E-state index < -0.39 is 0 Å². The van der Waals surface area contributed by atoms with Crippen molar-refractivity contribution in [2.45, 2.75) is 0 Å². The molecular weight excluding hydrogens is 719 g/mol. The van der Waals surface area contributed by atoms with Crippen LogP contribution in [-0.4, -0.2) is 0 Å². The molecule has 1 aromatic heterocycles. The van der Waals surface area contributed by atoms with Crippen LogP contribution in [-0.2, 0) is 0 Å².